The molecule has 2 rings (SSSR count). The van der Waals surface area contributed by atoms with Crippen LogP contribution in [0.3, 0.4) is 0 Å². The van der Waals surface area contributed by atoms with Crippen LogP contribution in [0.4, 0.5) is 11.4 Å². The van der Waals surface area contributed by atoms with Gasteiger partial charge in [0, 0.05) is 16.5 Å². The topological polar surface area (TPSA) is 24.7 Å². The number of hydrogen-bond acceptors (Lipinski definition) is 2. The molecule has 0 atom stereocenters. The van der Waals surface area contributed by atoms with Crippen LogP contribution in [0.5, 0.6) is 0 Å². The SMILES string of the molecule is CCCCCCC(=Nc1ccccc1)C(CC)=Nc1ccccc1.[Ni]. The Hall–Kier alpha value is -1.73. The molecule has 0 aliphatic heterocycles. The maximum Gasteiger partial charge on any atom is 0.0633 e. The van der Waals surface area contributed by atoms with Crippen LogP contribution in [0.1, 0.15) is 52.4 Å². The third kappa shape index (κ3) is 7.79. The minimum atomic E-state index is 0. The van der Waals surface area contributed by atoms with E-state index in [1.807, 2.05) is 48.5 Å². The second-order valence-electron chi connectivity index (χ2n) is 5.95. The van der Waals surface area contributed by atoms with E-state index in [9.17, 15) is 0 Å². The molecule has 0 fully saturated rings. The minimum absolute atomic E-state index is 0. The number of rotatable bonds is 9. The average molecular weight is 379 g/mol. The molecule has 0 aliphatic carbocycles. The molecule has 25 heavy (non-hydrogen) atoms. The van der Waals surface area contributed by atoms with Crippen molar-refractivity contribution in [1.29, 1.82) is 0 Å². The zero-order valence-corrected chi connectivity index (χ0v) is 16.2. The fourth-order valence-electron chi connectivity index (χ4n) is 2.65. The zero-order chi connectivity index (χ0) is 17.0. The summed E-state index contributed by atoms with van der Waals surface area (Å²) >= 11 is 0. The van der Waals surface area contributed by atoms with Gasteiger partial charge in [-0.1, -0.05) is 69.5 Å². The van der Waals surface area contributed by atoms with Crippen molar-refractivity contribution < 1.29 is 16.5 Å². The average Bonchev–Trinajstić information content (AvgIpc) is 2.64. The molecule has 0 bridgehead atoms. The van der Waals surface area contributed by atoms with Gasteiger partial charge in [-0.2, -0.15) is 0 Å². The molecule has 136 valence electrons. The molecule has 0 saturated carbocycles. The first kappa shape index (κ1) is 21.3. The predicted molar refractivity (Wildman–Crippen MR) is 106 cm³/mol. The van der Waals surface area contributed by atoms with Gasteiger partial charge in [0.1, 0.15) is 0 Å². The number of benzene rings is 2. The van der Waals surface area contributed by atoms with Crippen LogP contribution in [0, 0.1) is 0 Å². The standard InChI is InChI=1S/C22H28N2.Ni/c1-3-5-6-13-18-22(24-20-16-11-8-12-17-20)21(4-2)23-19-14-9-7-10-15-19;/h7-12,14-17H,3-6,13,18H2,1-2H3;. The van der Waals surface area contributed by atoms with E-state index in [-0.39, 0.29) is 16.5 Å². The molecule has 0 heterocycles. The van der Waals surface area contributed by atoms with Gasteiger partial charge in [0.15, 0.2) is 0 Å². The van der Waals surface area contributed by atoms with Crippen molar-refractivity contribution in [3.63, 3.8) is 0 Å². The third-order valence-electron chi connectivity index (χ3n) is 3.98. The van der Waals surface area contributed by atoms with E-state index < -0.39 is 0 Å². The molecule has 0 radical (unpaired) electrons. The van der Waals surface area contributed by atoms with Crippen LogP contribution < -0.4 is 0 Å². The predicted octanol–water partition coefficient (Wildman–Crippen LogP) is 6.91. The Morgan fingerprint density at radius 2 is 1.20 bits per heavy atom. The van der Waals surface area contributed by atoms with Gasteiger partial charge in [-0.25, -0.2) is 0 Å². The Morgan fingerprint density at radius 3 is 1.68 bits per heavy atom. The zero-order valence-electron chi connectivity index (χ0n) is 15.2. The van der Waals surface area contributed by atoms with Gasteiger partial charge in [-0.3, -0.25) is 9.98 Å². The number of aliphatic imine (C=N–C) groups is 2. The van der Waals surface area contributed by atoms with Gasteiger partial charge in [0.25, 0.3) is 0 Å². The maximum absolute atomic E-state index is 4.91. The number of nitrogens with zero attached hydrogens (tertiary/aromatic N) is 2. The van der Waals surface area contributed by atoms with Gasteiger partial charge in [-0.05, 0) is 43.5 Å². The van der Waals surface area contributed by atoms with Crippen molar-refractivity contribution in [2.24, 2.45) is 9.98 Å². The van der Waals surface area contributed by atoms with Crippen molar-refractivity contribution in [1.82, 2.24) is 0 Å². The summed E-state index contributed by atoms with van der Waals surface area (Å²) in [5.41, 5.74) is 4.24. The summed E-state index contributed by atoms with van der Waals surface area (Å²) in [7, 11) is 0. The Labute approximate surface area is 162 Å². The monoisotopic (exact) mass is 378 g/mol. The molecule has 0 saturated heterocycles. The maximum atomic E-state index is 4.91. The molecular formula is C22H28N2Ni. The minimum Gasteiger partial charge on any atom is -0.252 e. The summed E-state index contributed by atoms with van der Waals surface area (Å²) in [4.78, 5) is 9.77. The molecule has 0 unspecified atom stereocenters. The summed E-state index contributed by atoms with van der Waals surface area (Å²) < 4.78 is 0. The molecule has 3 heteroatoms. The van der Waals surface area contributed by atoms with Crippen LogP contribution in [0.2, 0.25) is 0 Å². The quantitative estimate of drug-likeness (QED) is 0.257. The molecule has 2 nitrogen and oxygen atoms in total. The molecular weight excluding hydrogens is 351 g/mol. The van der Waals surface area contributed by atoms with E-state index in [2.05, 4.69) is 26.0 Å². The van der Waals surface area contributed by atoms with Crippen molar-refractivity contribution in [3.05, 3.63) is 60.7 Å². The Balaban J connectivity index is 0.00000312. The largest absolute Gasteiger partial charge is 0.252 e. The van der Waals surface area contributed by atoms with Crippen molar-refractivity contribution in [2.75, 3.05) is 0 Å². The first-order chi connectivity index (χ1) is 11.8. The first-order valence-electron chi connectivity index (χ1n) is 9.09. The summed E-state index contributed by atoms with van der Waals surface area (Å²) in [6.07, 6.45) is 6.86. The molecule has 0 N–H and O–H groups in total. The fraction of sp³-hybridized carbons (Fsp3) is 0.364. The first-order valence-corrected chi connectivity index (χ1v) is 9.09. The summed E-state index contributed by atoms with van der Waals surface area (Å²) in [6, 6.07) is 20.4. The smallest absolute Gasteiger partial charge is 0.0633 e. The van der Waals surface area contributed by atoms with E-state index in [1.54, 1.807) is 0 Å². The fourth-order valence-corrected chi connectivity index (χ4v) is 2.65. The van der Waals surface area contributed by atoms with Crippen LogP contribution in [0.25, 0.3) is 0 Å². The van der Waals surface area contributed by atoms with E-state index in [4.69, 9.17) is 9.98 Å². The van der Waals surface area contributed by atoms with Crippen LogP contribution in [0.15, 0.2) is 70.6 Å². The van der Waals surface area contributed by atoms with Gasteiger partial charge >= 0.3 is 0 Å². The third-order valence-corrected chi connectivity index (χ3v) is 3.98. The Kier molecular flexibility index (Phi) is 10.8. The van der Waals surface area contributed by atoms with Crippen molar-refractivity contribution in [2.45, 2.75) is 52.4 Å². The van der Waals surface area contributed by atoms with Crippen molar-refractivity contribution in [3.8, 4) is 0 Å². The van der Waals surface area contributed by atoms with E-state index in [0.29, 0.717) is 0 Å². The Bertz CT molecular complexity index is 648. The molecule has 2 aromatic carbocycles. The number of para-hydroxylation sites is 2. The summed E-state index contributed by atoms with van der Waals surface area (Å²) in [5, 5.41) is 0. The molecule has 0 aromatic heterocycles. The number of hydrogen-bond donors (Lipinski definition) is 0. The van der Waals surface area contributed by atoms with Gasteiger partial charge in [-0.15, -0.1) is 0 Å². The van der Waals surface area contributed by atoms with Crippen LogP contribution >= 0.6 is 0 Å². The van der Waals surface area contributed by atoms with Crippen LogP contribution in [-0.4, -0.2) is 11.4 Å². The Morgan fingerprint density at radius 1 is 0.680 bits per heavy atom. The second kappa shape index (κ2) is 12.6. The van der Waals surface area contributed by atoms with E-state index >= 15 is 0 Å². The summed E-state index contributed by atoms with van der Waals surface area (Å²) in [5.74, 6) is 0. The van der Waals surface area contributed by atoms with E-state index in [0.717, 1.165) is 35.6 Å². The molecule has 0 aliphatic rings. The summed E-state index contributed by atoms with van der Waals surface area (Å²) in [6.45, 7) is 4.40. The second-order valence-corrected chi connectivity index (χ2v) is 5.95. The van der Waals surface area contributed by atoms with Crippen molar-refractivity contribution >= 4 is 22.8 Å². The van der Waals surface area contributed by atoms with Gasteiger partial charge in [0.05, 0.1) is 22.8 Å². The van der Waals surface area contributed by atoms with Gasteiger partial charge in [0.2, 0.25) is 0 Å². The van der Waals surface area contributed by atoms with E-state index in [1.165, 1.54) is 25.7 Å². The molecule has 0 amide bonds. The molecule has 0 spiro atoms. The molecule has 2 aromatic rings. The van der Waals surface area contributed by atoms with Gasteiger partial charge < -0.3 is 0 Å². The number of unbranched alkanes of at least 4 members (excludes halogenated alkanes) is 3. The van der Waals surface area contributed by atoms with Crippen LogP contribution in [-0.2, 0) is 16.5 Å². The normalized spacial score (nSPS) is 11.9.